The standard InChI is InChI=1S/C17H14ClF3N4O4S/c1-9-3-4-11(10(2)26)5-14(9)30(28,29)23-16(27)13-7-24-8-25(17(19,20)21)6-12(18)15(24)22-13/h3-7H,8H2,1-2H3,(H,23,27)/q+1. The number of fused-ring (bicyclic) bond motifs is 1. The van der Waals surface area contributed by atoms with Crippen molar-refractivity contribution >= 4 is 39.2 Å². The van der Waals surface area contributed by atoms with Crippen LogP contribution in [-0.4, -0.2) is 43.8 Å². The number of rotatable bonds is 4. The normalized spacial score (nSPS) is 17.1. The van der Waals surface area contributed by atoms with Gasteiger partial charge in [-0.2, -0.15) is 4.99 Å². The van der Waals surface area contributed by atoms with Crippen molar-refractivity contribution in [3.8, 4) is 0 Å². The van der Waals surface area contributed by atoms with Crippen LogP contribution in [-0.2, 0) is 14.8 Å². The van der Waals surface area contributed by atoms with Crippen molar-refractivity contribution in [1.82, 2.24) is 14.5 Å². The highest BCUT2D eigenvalue weighted by Crippen LogP contribution is 2.30. The van der Waals surface area contributed by atoms with Gasteiger partial charge in [0.1, 0.15) is 5.03 Å². The zero-order chi connectivity index (χ0) is 22.4. The van der Waals surface area contributed by atoms with E-state index in [-0.39, 0.29) is 37.6 Å². The number of Topliss-reactive ketones (excluding diaryl/α,β-unsaturated/α-hetero) is 1. The molecule has 1 aromatic carbocycles. The summed E-state index contributed by atoms with van der Waals surface area (Å²) in [4.78, 5) is 28.5. The third-order valence-corrected chi connectivity index (χ3v) is 5.97. The molecule has 159 valence electrons. The maximum Gasteiger partial charge on any atom is 0.488 e. The van der Waals surface area contributed by atoms with Gasteiger partial charge in [-0.05, 0) is 25.5 Å². The van der Waals surface area contributed by atoms with Gasteiger partial charge in [-0.1, -0.05) is 28.6 Å². The Labute approximate surface area is 174 Å². The zero-order valence-electron chi connectivity index (χ0n) is 15.5. The van der Waals surface area contributed by atoms with Gasteiger partial charge < -0.3 is 0 Å². The molecule has 0 aromatic heterocycles. The molecule has 2 aliphatic rings. The second-order valence-electron chi connectivity index (χ2n) is 6.45. The maximum atomic E-state index is 12.9. The molecule has 0 unspecified atom stereocenters. The van der Waals surface area contributed by atoms with Crippen LogP contribution >= 0.6 is 11.6 Å². The van der Waals surface area contributed by atoms with Gasteiger partial charge in [0.25, 0.3) is 15.9 Å². The van der Waals surface area contributed by atoms with Crippen LogP contribution in [0.5, 0.6) is 0 Å². The Morgan fingerprint density at radius 1 is 1.30 bits per heavy atom. The fraction of sp³-hybridized carbons (Fsp3) is 0.235. The number of amides is 1. The molecule has 0 atom stereocenters. The summed E-state index contributed by atoms with van der Waals surface area (Å²) >= 11 is 5.82. The second-order valence-corrected chi connectivity index (χ2v) is 8.50. The van der Waals surface area contributed by atoms with Gasteiger partial charge in [-0.3, -0.25) is 9.59 Å². The smallest absolute Gasteiger partial charge is 0.295 e. The lowest BCUT2D eigenvalue weighted by molar-refractivity contribution is -0.230. The lowest BCUT2D eigenvalue weighted by Crippen LogP contribution is -2.48. The first-order valence-corrected chi connectivity index (χ1v) is 10.1. The predicted octanol–water partition coefficient (Wildman–Crippen LogP) is 2.27. The monoisotopic (exact) mass is 462 g/mol. The molecule has 0 aliphatic carbocycles. The molecule has 2 aliphatic heterocycles. The molecule has 2 heterocycles. The number of benzene rings is 1. The van der Waals surface area contributed by atoms with E-state index in [0.29, 0.717) is 6.20 Å². The number of alkyl halides is 3. The summed E-state index contributed by atoms with van der Waals surface area (Å²) in [6.07, 6.45) is -3.11. The fourth-order valence-electron chi connectivity index (χ4n) is 2.71. The van der Waals surface area contributed by atoms with E-state index in [1.807, 2.05) is 4.72 Å². The molecule has 0 saturated heterocycles. The van der Waals surface area contributed by atoms with Gasteiger partial charge in [-0.15, -0.1) is 13.2 Å². The molecule has 13 heteroatoms. The number of carbonyl (C=O) groups is 2. The number of ketones is 1. The van der Waals surface area contributed by atoms with E-state index < -0.39 is 34.6 Å². The molecule has 1 amide bonds. The van der Waals surface area contributed by atoms with E-state index >= 15 is 0 Å². The number of nitrogens with zero attached hydrogens (tertiary/aromatic N) is 3. The Bertz CT molecular complexity index is 1140. The molecule has 8 nitrogen and oxygen atoms in total. The number of hydrogen-bond donors (Lipinski definition) is 1. The summed E-state index contributed by atoms with van der Waals surface area (Å²) in [5, 5.41) is -0.370. The Morgan fingerprint density at radius 2 is 1.97 bits per heavy atom. The summed E-state index contributed by atoms with van der Waals surface area (Å²) in [6, 6.07) is 4.00. The van der Waals surface area contributed by atoms with Crippen LogP contribution in [0.25, 0.3) is 0 Å². The van der Waals surface area contributed by atoms with Crippen molar-refractivity contribution in [2.45, 2.75) is 25.0 Å². The Balaban J connectivity index is 1.85. The van der Waals surface area contributed by atoms with Crippen LogP contribution < -0.4 is 9.62 Å². The van der Waals surface area contributed by atoms with Crippen molar-refractivity contribution in [1.29, 1.82) is 0 Å². The first kappa shape index (κ1) is 22.0. The average molecular weight is 463 g/mol. The second kappa shape index (κ2) is 7.52. The third-order valence-electron chi connectivity index (χ3n) is 4.23. The molecule has 1 N–H and O–H groups in total. The Hall–Kier alpha value is -2.70. The van der Waals surface area contributed by atoms with E-state index in [0.717, 1.165) is 17.2 Å². The maximum absolute atomic E-state index is 12.9. The molecular formula is C17H14ClF3N4O4S+. The first-order chi connectivity index (χ1) is 13.8. The average Bonchev–Trinajstić information content (AvgIpc) is 3.05. The van der Waals surface area contributed by atoms with Crippen LogP contribution in [0.15, 0.2) is 51.2 Å². The number of aliphatic imine (C=N–C) groups is 1. The zero-order valence-corrected chi connectivity index (χ0v) is 17.1. The Morgan fingerprint density at radius 3 is 2.57 bits per heavy atom. The molecular weight excluding hydrogens is 449 g/mol. The summed E-state index contributed by atoms with van der Waals surface area (Å²) in [7, 11) is -4.38. The molecule has 0 bridgehead atoms. The molecule has 30 heavy (non-hydrogen) atoms. The molecule has 1 radical (unpaired) electrons. The van der Waals surface area contributed by atoms with Gasteiger partial charge in [0.15, 0.2) is 17.7 Å². The van der Waals surface area contributed by atoms with Crippen LogP contribution in [0.3, 0.4) is 0 Å². The van der Waals surface area contributed by atoms with Crippen LogP contribution in [0.4, 0.5) is 13.2 Å². The number of hydrogen-bond acceptors (Lipinski definition) is 7. The van der Waals surface area contributed by atoms with Crippen LogP contribution in [0.1, 0.15) is 22.8 Å². The van der Waals surface area contributed by atoms with Crippen molar-refractivity contribution in [3.05, 3.63) is 52.5 Å². The van der Waals surface area contributed by atoms with E-state index in [1.54, 1.807) is 0 Å². The van der Waals surface area contributed by atoms with Crippen molar-refractivity contribution in [3.63, 3.8) is 0 Å². The lowest BCUT2D eigenvalue weighted by Gasteiger charge is -2.25. The minimum absolute atomic E-state index is 0.0148. The van der Waals surface area contributed by atoms with Crippen LogP contribution in [0, 0.1) is 6.92 Å². The molecule has 3 rings (SSSR count). The van der Waals surface area contributed by atoms with Crippen LogP contribution in [0.2, 0.25) is 0 Å². The highest BCUT2D eigenvalue weighted by atomic mass is 35.5. The number of nitrogens with one attached hydrogen (secondary N) is 1. The van der Waals surface area contributed by atoms with E-state index in [4.69, 9.17) is 11.6 Å². The van der Waals surface area contributed by atoms with Gasteiger partial charge in [-0.25, -0.2) is 18.0 Å². The van der Waals surface area contributed by atoms with E-state index in [1.165, 1.54) is 26.0 Å². The summed E-state index contributed by atoms with van der Waals surface area (Å²) in [6.45, 7) is 2.03. The quantitative estimate of drug-likeness (QED) is 0.420. The molecule has 1 aromatic rings. The highest BCUT2D eigenvalue weighted by molar-refractivity contribution is 7.90. The summed E-state index contributed by atoms with van der Waals surface area (Å²) in [5.41, 5.74) is -0.0178. The number of halogens is 4. The minimum Gasteiger partial charge on any atom is -0.295 e. The first-order valence-electron chi connectivity index (χ1n) is 8.26. The lowest BCUT2D eigenvalue weighted by atomic mass is 10.1. The minimum atomic E-state index is -4.70. The van der Waals surface area contributed by atoms with E-state index in [9.17, 15) is 31.2 Å². The SMILES string of the molecule is CC(=O)c1ccc(C)c(S(=O)(=O)NC(=O)C2=C[N+]3CN(C(F)(F)F)C=C(Cl)C3=N2)c1. The van der Waals surface area contributed by atoms with E-state index in [2.05, 4.69) is 4.99 Å². The van der Waals surface area contributed by atoms with Gasteiger partial charge >= 0.3 is 12.1 Å². The highest BCUT2D eigenvalue weighted by Gasteiger charge is 2.47. The van der Waals surface area contributed by atoms with Crippen molar-refractivity contribution in [2.24, 2.45) is 4.99 Å². The largest absolute Gasteiger partial charge is 0.488 e. The summed E-state index contributed by atoms with van der Waals surface area (Å²) in [5.74, 6) is -1.64. The number of carbonyl (C=O) groups excluding carboxylic acids is 2. The van der Waals surface area contributed by atoms with Crippen molar-refractivity contribution in [2.75, 3.05) is 6.67 Å². The number of aryl methyl sites for hydroxylation is 1. The molecule has 0 fully saturated rings. The topological polar surface area (TPSA) is 102 Å². The van der Waals surface area contributed by atoms with Crippen molar-refractivity contribution < 1.29 is 31.2 Å². The number of sulfonamides is 1. The third kappa shape index (κ3) is 4.25. The number of amidine groups is 1. The van der Waals surface area contributed by atoms with Gasteiger partial charge in [0, 0.05) is 11.8 Å². The van der Waals surface area contributed by atoms with Gasteiger partial charge in [0.2, 0.25) is 6.67 Å². The van der Waals surface area contributed by atoms with Gasteiger partial charge in [0.05, 0.1) is 4.90 Å². The molecule has 0 saturated carbocycles. The fourth-order valence-corrected chi connectivity index (χ4v) is 4.22. The summed E-state index contributed by atoms with van der Waals surface area (Å²) < 4.78 is 65.8. The Kier molecular flexibility index (Phi) is 5.52. The molecule has 0 spiro atoms. The predicted molar refractivity (Wildman–Crippen MR) is 101 cm³/mol.